The molecule has 21 heavy (non-hydrogen) atoms. The zero-order chi connectivity index (χ0) is 15.6. The Hall–Kier alpha value is -2.23. The lowest BCUT2D eigenvalue weighted by Crippen LogP contribution is -2.10. The normalized spacial score (nSPS) is 10.8. The maximum atomic E-state index is 11.8. The molecule has 0 bridgehead atoms. The molecule has 2 aromatic rings. The molecule has 0 aliphatic carbocycles. The highest BCUT2D eigenvalue weighted by Gasteiger charge is 2.19. The van der Waals surface area contributed by atoms with Gasteiger partial charge in [0.25, 0.3) is 0 Å². The maximum Gasteiger partial charge on any atom is 0.339 e. The number of methoxy groups -OCH3 is 1. The van der Waals surface area contributed by atoms with Gasteiger partial charge in [0.05, 0.1) is 24.5 Å². The fraction of sp³-hybridized carbons (Fsp3) is 0.353. The Morgan fingerprint density at radius 1 is 1.19 bits per heavy atom. The molecule has 0 radical (unpaired) electrons. The van der Waals surface area contributed by atoms with E-state index in [9.17, 15) is 4.79 Å². The summed E-state index contributed by atoms with van der Waals surface area (Å²) in [6, 6.07) is 9.66. The Labute approximate surface area is 125 Å². The largest absolute Gasteiger partial charge is 0.489 e. The van der Waals surface area contributed by atoms with Crippen molar-refractivity contribution < 1.29 is 14.3 Å². The summed E-state index contributed by atoms with van der Waals surface area (Å²) in [5.74, 6) is 0.474. The first-order valence-electron chi connectivity index (χ1n) is 6.99. The molecule has 0 atom stereocenters. The van der Waals surface area contributed by atoms with Gasteiger partial charge in [0.15, 0.2) is 0 Å². The summed E-state index contributed by atoms with van der Waals surface area (Å²) in [5.41, 5.74) is 3.32. The van der Waals surface area contributed by atoms with Gasteiger partial charge in [-0.3, -0.25) is 0 Å². The molecule has 0 saturated carbocycles. The predicted molar refractivity (Wildman–Crippen MR) is 82.3 cm³/mol. The van der Waals surface area contributed by atoms with Crippen molar-refractivity contribution >= 4 is 5.97 Å². The van der Waals surface area contributed by atoms with Gasteiger partial charge >= 0.3 is 5.97 Å². The van der Waals surface area contributed by atoms with Crippen LogP contribution in [-0.4, -0.2) is 23.8 Å². The van der Waals surface area contributed by atoms with Crippen LogP contribution >= 0.6 is 0 Å². The van der Waals surface area contributed by atoms with Gasteiger partial charge in [-0.05, 0) is 45.9 Å². The number of aromatic nitrogens is 1. The Morgan fingerprint density at radius 2 is 1.86 bits per heavy atom. The third kappa shape index (κ3) is 2.94. The quantitative estimate of drug-likeness (QED) is 0.806. The monoisotopic (exact) mass is 287 g/mol. The molecule has 0 N–H and O–H groups in total. The molecule has 2 rings (SSSR count). The second kappa shape index (κ2) is 6.04. The standard InChI is InChI=1S/C17H21NO3/c1-11(2)21-16-9-7-6-8-15(16)18-12(3)10-14(13(18)4)17(19)20-5/h6-11H,1-5H3. The van der Waals surface area contributed by atoms with Gasteiger partial charge in [-0.15, -0.1) is 0 Å². The molecule has 0 spiro atoms. The summed E-state index contributed by atoms with van der Waals surface area (Å²) in [6.45, 7) is 7.86. The molecule has 0 amide bonds. The first kappa shape index (κ1) is 15.2. The molecule has 0 unspecified atom stereocenters. The topological polar surface area (TPSA) is 40.5 Å². The number of para-hydroxylation sites is 2. The van der Waals surface area contributed by atoms with Crippen LogP contribution in [-0.2, 0) is 4.74 Å². The summed E-state index contributed by atoms with van der Waals surface area (Å²) in [5, 5.41) is 0. The van der Waals surface area contributed by atoms with Gasteiger partial charge in [0.1, 0.15) is 5.75 Å². The van der Waals surface area contributed by atoms with E-state index in [1.165, 1.54) is 7.11 Å². The number of esters is 1. The van der Waals surface area contributed by atoms with Crippen LogP contribution in [0.1, 0.15) is 35.6 Å². The minimum Gasteiger partial charge on any atom is -0.489 e. The number of hydrogen-bond acceptors (Lipinski definition) is 3. The maximum absolute atomic E-state index is 11.8. The molecule has 1 heterocycles. The number of nitrogens with zero attached hydrogens (tertiary/aromatic N) is 1. The molecule has 1 aromatic carbocycles. The molecule has 0 fully saturated rings. The molecular formula is C17H21NO3. The van der Waals surface area contributed by atoms with Gasteiger partial charge in [-0.2, -0.15) is 0 Å². The molecule has 4 heteroatoms. The van der Waals surface area contributed by atoms with Crippen molar-refractivity contribution in [2.45, 2.75) is 33.8 Å². The SMILES string of the molecule is COC(=O)c1cc(C)n(-c2ccccc2OC(C)C)c1C. The van der Waals surface area contributed by atoms with E-state index in [0.29, 0.717) is 5.56 Å². The minimum atomic E-state index is -0.323. The lowest BCUT2D eigenvalue weighted by atomic mass is 10.2. The average Bonchev–Trinajstić information content (AvgIpc) is 2.73. The fourth-order valence-electron chi connectivity index (χ4n) is 2.45. The van der Waals surface area contributed by atoms with Crippen molar-refractivity contribution in [1.82, 2.24) is 4.57 Å². The van der Waals surface area contributed by atoms with Crippen molar-refractivity contribution in [2.75, 3.05) is 7.11 Å². The first-order chi connectivity index (χ1) is 9.95. The smallest absolute Gasteiger partial charge is 0.339 e. The van der Waals surface area contributed by atoms with Gasteiger partial charge in [-0.1, -0.05) is 12.1 Å². The zero-order valence-electron chi connectivity index (χ0n) is 13.1. The number of carbonyl (C=O) groups excluding carboxylic acids is 1. The third-order valence-electron chi connectivity index (χ3n) is 3.31. The van der Waals surface area contributed by atoms with Crippen LogP contribution in [0.3, 0.4) is 0 Å². The van der Waals surface area contributed by atoms with Crippen LogP contribution in [0.25, 0.3) is 5.69 Å². The van der Waals surface area contributed by atoms with Crippen molar-refractivity contribution in [2.24, 2.45) is 0 Å². The van der Waals surface area contributed by atoms with Crippen molar-refractivity contribution in [3.05, 3.63) is 47.3 Å². The Kier molecular flexibility index (Phi) is 4.36. The van der Waals surface area contributed by atoms with E-state index in [0.717, 1.165) is 22.8 Å². The van der Waals surface area contributed by atoms with Gasteiger partial charge < -0.3 is 14.0 Å². The first-order valence-corrected chi connectivity index (χ1v) is 6.99. The molecule has 4 nitrogen and oxygen atoms in total. The lowest BCUT2D eigenvalue weighted by Gasteiger charge is -2.17. The van der Waals surface area contributed by atoms with Crippen LogP contribution < -0.4 is 4.74 Å². The minimum absolute atomic E-state index is 0.0856. The molecule has 0 aliphatic heterocycles. The predicted octanol–water partition coefficient (Wildman–Crippen LogP) is 3.67. The van der Waals surface area contributed by atoms with Crippen molar-refractivity contribution in [3.8, 4) is 11.4 Å². The molecule has 112 valence electrons. The number of rotatable bonds is 4. The second-order valence-electron chi connectivity index (χ2n) is 5.25. The summed E-state index contributed by atoms with van der Waals surface area (Å²) in [4.78, 5) is 11.8. The van der Waals surface area contributed by atoms with Crippen LogP contribution in [0, 0.1) is 13.8 Å². The van der Waals surface area contributed by atoms with E-state index in [1.807, 2.05) is 62.6 Å². The Morgan fingerprint density at radius 3 is 2.48 bits per heavy atom. The summed E-state index contributed by atoms with van der Waals surface area (Å²) in [7, 11) is 1.39. The van der Waals surface area contributed by atoms with Crippen molar-refractivity contribution in [1.29, 1.82) is 0 Å². The summed E-state index contributed by atoms with van der Waals surface area (Å²) < 4.78 is 12.7. The number of benzene rings is 1. The van der Waals surface area contributed by atoms with E-state index < -0.39 is 0 Å². The molecule has 0 aliphatic rings. The van der Waals surface area contributed by atoms with E-state index in [-0.39, 0.29) is 12.1 Å². The van der Waals surface area contributed by atoms with Crippen LogP contribution in [0.2, 0.25) is 0 Å². The average molecular weight is 287 g/mol. The van der Waals surface area contributed by atoms with E-state index >= 15 is 0 Å². The third-order valence-corrected chi connectivity index (χ3v) is 3.31. The molecule has 1 aromatic heterocycles. The van der Waals surface area contributed by atoms with Crippen LogP contribution in [0.15, 0.2) is 30.3 Å². The highest BCUT2D eigenvalue weighted by atomic mass is 16.5. The van der Waals surface area contributed by atoms with Crippen LogP contribution in [0.4, 0.5) is 0 Å². The zero-order valence-corrected chi connectivity index (χ0v) is 13.1. The van der Waals surface area contributed by atoms with Gasteiger partial charge in [0, 0.05) is 11.4 Å². The number of hydrogen-bond donors (Lipinski definition) is 0. The molecule has 0 saturated heterocycles. The van der Waals surface area contributed by atoms with E-state index in [1.54, 1.807) is 0 Å². The van der Waals surface area contributed by atoms with Gasteiger partial charge in [0.2, 0.25) is 0 Å². The Balaban J connectivity index is 2.57. The van der Waals surface area contributed by atoms with E-state index in [2.05, 4.69) is 0 Å². The highest BCUT2D eigenvalue weighted by molar-refractivity contribution is 5.91. The number of ether oxygens (including phenoxy) is 2. The summed E-state index contributed by atoms with van der Waals surface area (Å²) in [6.07, 6.45) is 0.0856. The van der Waals surface area contributed by atoms with Crippen molar-refractivity contribution in [3.63, 3.8) is 0 Å². The van der Waals surface area contributed by atoms with Crippen LogP contribution in [0.5, 0.6) is 5.75 Å². The molecular weight excluding hydrogens is 266 g/mol. The summed E-state index contributed by atoms with van der Waals surface area (Å²) >= 11 is 0. The van der Waals surface area contributed by atoms with Gasteiger partial charge in [-0.25, -0.2) is 4.79 Å². The van der Waals surface area contributed by atoms with E-state index in [4.69, 9.17) is 9.47 Å². The number of aryl methyl sites for hydroxylation is 1. The lowest BCUT2D eigenvalue weighted by molar-refractivity contribution is 0.0600. The highest BCUT2D eigenvalue weighted by Crippen LogP contribution is 2.29. The second-order valence-corrected chi connectivity index (χ2v) is 5.25. The fourth-order valence-corrected chi connectivity index (χ4v) is 2.45. The Bertz CT molecular complexity index is 656. The number of carbonyl (C=O) groups is 1.